The largest absolute Gasteiger partial charge is 0.450 e. The van der Waals surface area contributed by atoms with Crippen LogP contribution in [0.15, 0.2) is 30.3 Å². The summed E-state index contributed by atoms with van der Waals surface area (Å²) in [6.07, 6.45) is -0.920. The van der Waals surface area contributed by atoms with Crippen molar-refractivity contribution in [1.29, 1.82) is 0 Å². The van der Waals surface area contributed by atoms with Gasteiger partial charge in [-0.1, -0.05) is 30.3 Å². The van der Waals surface area contributed by atoms with Gasteiger partial charge in [-0.15, -0.1) is 0 Å². The van der Waals surface area contributed by atoms with Gasteiger partial charge in [-0.25, -0.2) is 4.79 Å². The highest BCUT2D eigenvalue weighted by molar-refractivity contribution is 5.82. The van der Waals surface area contributed by atoms with Gasteiger partial charge >= 0.3 is 6.09 Å². The zero-order valence-corrected chi connectivity index (χ0v) is 13.0. The maximum absolute atomic E-state index is 12.6. The monoisotopic (exact) mass is 306 g/mol. The third-order valence-corrected chi connectivity index (χ3v) is 3.68. The van der Waals surface area contributed by atoms with Crippen molar-refractivity contribution in [2.24, 2.45) is 0 Å². The summed E-state index contributed by atoms with van der Waals surface area (Å²) in [4.78, 5) is 27.6. The molecule has 1 atom stereocenters. The molecule has 0 unspecified atom stereocenters. The van der Waals surface area contributed by atoms with Gasteiger partial charge < -0.3 is 19.3 Å². The molecule has 0 N–H and O–H groups in total. The van der Waals surface area contributed by atoms with Crippen LogP contribution in [0.1, 0.15) is 18.6 Å². The summed E-state index contributed by atoms with van der Waals surface area (Å²) >= 11 is 0. The molecule has 0 bridgehead atoms. The van der Waals surface area contributed by atoms with E-state index in [1.807, 2.05) is 30.3 Å². The van der Waals surface area contributed by atoms with Gasteiger partial charge in [0.05, 0.1) is 6.61 Å². The van der Waals surface area contributed by atoms with Crippen LogP contribution in [0.5, 0.6) is 0 Å². The van der Waals surface area contributed by atoms with E-state index < -0.39 is 6.10 Å². The van der Waals surface area contributed by atoms with Gasteiger partial charge in [0.1, 0.15) is 0 Å². The molecule has 1 heterocycles. The van der Waals surface area contributed by atoms with Crippen molar-refractivity contribution in [2.75, 3.05) is 39.9 Å². The third kappa shape index (κ3) is 3.76. The van der Waals surface area contributed by atoms with E-state index in [9.17, 15) is 9.59 Å². The molecular weight excluding hydrogens is 284 g/mol. The number of methoxy groups -OCH3 is 1. The first-order valence-electron chi connectivity index (χ1n) is 7.45. The summed E-state index contributed by atoms with van der Waals surface area (Å²) in [5, 5.41) is 0. The van der Waals surface area contributed by atoms with Gasteiger partial charge in [-0.05, 0) is 12.5 Å². The van der Waals surface area contributed by atoms with Crippen molar-refractivity contribution in [3.63, 3.8) is 0 Å². The lowest BCUT2D eigenvalue weighted by molar-refractivity contribution is -0.144. The van der Waals surface area contributed by atoms with E-state index in [1.165, 1.54) is 7.11 Å². The Hall–Kier alpha value is -2.08. The van der Waals surface area contributed by atoms with Gasteiger partial charge in [0, 0.05) is 33.3 Å². The predicted molar refractivity (Wildman–Crippen MR) is 81.4 cm³/mol. The second-order valence-corrected chi connectivity index (χ2v) is 5.04. The summed E-state index contributed by atoms with van der Waals surface area (Å²) in [6.45, 7) is 4.08. The minimum absolute atomic E-state index is 0.0720. The molecule has 1 fully saturated rings. The summed E-state index contributed by atoms with van der Waals surface area (Å²) in [7, 11) is 1.53. The molecule has 6 heteroatoms. The van der Waals surface area contributed by atoms with Gasteiger partial charge in [0.25, 0.3) is 5.91 Å². The first-order valence-corrected chi connectivity index (χ1v) is 7.45. The number of hydrogen-bond donors (Lipinski definition) is 0. The fourth-order valence-corrected chi connectivity index (χ4v) is 2.50. The Morgan fingerprint density at radius 3 is 2.23 bits per heavy atom. The van der Waals surface area contributed by atoms with E-state index >= 15 is 0 Å². The third-order valence-electron chi connectivity index (χ3n) is 3.68. The summed E-state index contributed by atoms with van der Waals surface area (Å²) in [5.41, 5.74) is 0.836. The number of ether oxygens (including phenoxy) is 2. The van der Waals surface area contributed by atoms with Crippen LogP contribution in [0.4, 0.5) is 4.79 Å². The molecule has 6 nitrogen and oxygen atoms in total. The maximum atomic E-state index is 12.6. The van der Waals surface area contributed by atoms with Crippen LogP contribution in [-0.4, -0.2) is 61.7 Å². The van der Waals surface area contributed by atoms with Crippen LogP contribution < -0.4 is 0 Å². The lowest BCUT2D eigenvalue weighted by atomic mass is 10.1. The number of rotatable bonds is 4. The molecule has 1 aliphatic heterocycles. The smallest absolute Gasteiger partial charge is 0.409 e. The van der Waals surface area contributed by atoms with Crippen molar-refractivity contribution < 1.29 is 19.1 Å². The topological polar surface area (TPSA) is 59.1 Å². The maximum Gasteiger partial charge on any atom is 0.409 e. The molecule has 2 amide bonds. The summed E-state index contributed by atoms with van der Waals surface area (Å²) < 4.78 is 10.3. The minimum atomic E-state index is -0.602. The SMILES string of the molecule is CCOC(=O)N1CCN(C(=O)[C@@H](OC)c2ccccc2)CC1. The average molecular weight is 306 g/mol. The van der Waals surface area contributed by atoms with Gasteiger partial charge in [-0.3, -0.25) is 4.79 Å². The number of carbonyl (C=O) groups is 2. The molecule has 22 heavy (non-hydrogen) atoms. The standard InChI is InChI=1S/C16H22N2O4/c1-3-22-16(20)18-11-9-17(10-12-18)15(19)14(21-2)13-7-5-4-6-8-13/h4-8,14H,3,9-12H2,1-2H3/t14-/m0/s1. The van der Waals surface area contributed by atoms with Crippen molar-refractivity contribution in [3.05, 3.63) is 35.9 Å². The Morgan fingerprint density at radius 1 is 1.09 bits per heavy atom. The number of amides is 2. The highest BCUT2D eigenvalue weighted by Gasteiger charge is 2.30. The molecule has 1 aromatic rings. The van der Waals surface area contributed by atoms with Crippen LogP contribution >= 0.6 is 0 Å². The second kappa shape index (κ2) is 7.79. The Morgan fingerprint density at radius 2 is 1.68 bits per heavy atom. The van der Waals surface area contributed by atoms with E-state index in [-0.39, 0.29) is 12.0 Å². The van der Waals surface area contributed by atoms with Crippen LogP contribution in [0, 0.1) is 0 Å². The van der Waals surface area contributed by atoms with E-state index in [1.54, 1.807) is 16.7 Å². The van der Waals surface area contributed by atoms with Gasteiger partial charge in [-0.2, -0.15) is 0 Å². The Bertz CT molecular complexity index is 498. The molecule has 0 aliphatic carbocycles. The van der Waals surface area contributed by atoms with Crippen LogP contribution in [-0.2, 0) is 14.3 Å². The molecule has 0 aromatic heterocycles. The second-order valence-electron chi connectivity index (χ2n) is 5.04. The highest BCUT2D eigenvalue weighted by atomic mass is 16.6. The van der Waals surface area contributed by atoms with Crippen molar-refractivity contribution >= 4 is 12.0 Å². The molecule has 1 saturated heterocycles. The normalized spacial score (nSPS) is 16.3. The molecule has 0 spiro atoms. The molecular formula is C16H22N2O4. The van der Waals surface area contributed by atoms with Crippen molar-refractivity contribution in [2.45, 2.75) is 13.0 Å². The fraction of sp³-hybridized carbons (Fsp3) is 0.500. The quantitative estimate of drug-likeness (QED) is 0.849. The molecule has 0 saturated carbocycles. The molecule has 120 valence electrons. The fourth-order valence-electron chi connectivity index (χ4n) is 2.50. The zero-order chi connectivity index (χ0) is 15.9. The van der Waals surface area contributed by atoms with E-state index in [0.717, 1.165) is 5.56 Å². The summed E-state index contributed by atoms with van der Waals surface area (Å²) in [6, 6.07) is 9.42. The first-order chi connectivity index (χ1) is 10.7. The lowest BCUT2D eigenvalue weighted by Crippen LogP contribution is -2.51. The van der Waals surface area contributed by atoms with E-state index in [4.69, 9.17) is 9.47 Å². The average Bonchev–Trinajstić information content (AvgIpc) is 2.57. The number of benzene rings is 1. The number of nitrogens with zero attached hydrogens (tertiary/aromatic N) is 2. The first kappa shape index (κ1) is 16.3. The van der Waals surface area contributed by atoms with E-state index in [0.29, 0.717) is 32.8 Å². The lowest BCUT2D eigenvalue weighted by Gasteiger charge is -2.35. The molecule has 1 aliphatic rings. The molecule has 2 rings (SSSR count). The molecule has 1 aromatic carbocycles. The van der Waals surface area contributed by atoms with Crippen molar-refractivity contribution in [1.82, 2.24) is 9.80 Å². The molecule has 0 radical (unpaired) electrons. The van der Waals surface area contributed by atoms with Gasteiger partial charge in [0.2, 0.25) is 0 Å². The van der Waals surface area contributed by atoms with Gasteiger partial charge in [0.15, 0.2) is 6.10 Å². The zero-order valence-electron chi connectivity index (χ0n) is 13.0. The van der Waals surface area contributed by atoms with Crippen LogP contribution in [0.3, 0.4) is 0 Å². The highest BCUT2D eigenvalue weighted by Crippen LogP contribution is 2.20. The Labute approximate surface area is 130 Å². The number of piperazine rings is 1. The number of hydrogen-bond acceptors (Lipinski definition) is 4. The van der Waals surface area contributed by atoms with Crippen LogP contribution in [0.25, 0.3) is 0 Å². The van der Waals surface area contributed by atoms with Crippen LogP contribution in [0.2, 0.25) is 0 Å². The number of carbonyl (C=O) groups excluding carboxylic acids is 2. The Balaban J connectivity index is 1.95. The Kier molecular flexibility index (Phi) is 5.77. The minimum Gasteiger partial charge on any atom is -0.450 e. The summed E-state index contributed by atoms with van der Waals surface area (Å²) in [5.74, 6) is -0.0720. The van der Waals surface area contributed by atoms with E-state index in [2.05, 4.69) is 0 Å². The predicted octanol–water partition coefficient (Wildman–Crippen LogP) is 1.67. The van der Waals surface area contributed by atoms with Crippen molar-refractivity contribution in [3.8, 4) is 0 Å².